The molecule has 1 aromatic heterocycles. The van der Waals surface area contributed by atoms with Crippen LogP contribution in [0.3, 0.4) is 0 Å². The molecular formula is C12H18N2O3. The summed E-state index contributed by atoms with van der Waals surface area (Å²) >= 11 is 0. The number of ether oxygens (including phenoxy) is 1. The van der Waals surface area contributed by atoms with Crippen LogP contribution in [-0.4, -0.2) is 23.0 Å². The van der Waals surface area contributed by atoms with Crippen LogP contribution in [0.2, 0.25) is 0 Å². The Morgan fingerprint density at radius 2 is 2.18 bits per heavy atom. The third-order valence-corrected chi connectivity index (χ3v) is 3.34. The highest BCUT2D eigenvalue weighted by atomic mass is 16.5. The second kappa shape index (κ2) is 4.56. The Bertz CT molecular complexity index is 412. The van der Waals surface area contributed by atoms with Crippen LogP contribution in [0.1, 0.15) is 57.2 Å². The Hall–Kier alpha value is -1.23. The molecule has 17 heavy (non-hydrogen) atoms. The van der Waals surface area contributed by atoms with Crippen LogP contribution in [0.4, 0.5) is 0 Å². The van der Waals surface area contributed by atoms with Gasteiger partial charge in [0, 0.05) is 13.5 Å². The van der Waals surface area contributed by atoms with Crippen molar-refractivity contribution in [2.75, 3.05) is 7.11 Å². The van der Waals surface area contributed by atoms with E-state index in [1.807, 2.05) is 13.8 Å². The summed E-state index contributed by atoms with van der Waals surface area (Å²) in [5, 5.41) is 3.91. The molecule has 0 radical (unpaired) electrons. The molecule has 0 amide bonds. The van der Waals surface area contributed by atoms with Gasteiger partial charge in [0.2, 0.25) is 11.7 Å². The van der Waals surface area contributed by atoms with Crippen LogP contribution in [0.25, 0.3) is 0 Å². The van der Waals surface area contributed by atoms with Gasteiger partial charge < -0.3 is 9.26 Å². The molecule has 2 rings (SSSR count). The Balaban J connectivity index is 2.20. The number of hydrogen-bond acceptors (Lipinski definition) is 5. The minimum Gasteiger partial charge on any atom is -0.371 e. The minimum atomic E-state index is -0.584. The zero-order chi connectivity index (χ0) is 12.5. The van der Waals surface area contributed by atoms with E-state index >= 15 is 0 Å². The first-order valence-corrected chi connectivity index (χ1v) is 5.96. The molecule has 0 aliphatic heterocycles. The third kappa shape index (κ3) is 2.39. The lowest BCUT2D eigenvalue weighted by Gasteiger charge is -2.18. The van der Waals surface area contributed by atoms with Gasteiger partial charge >= 0.3 is 0 Å². The predicted octanol–water partition coefficient (Wildman–Crippen LogP) is 2.18. The summed E-state index contributed by atoms with van der Waals surface area (Å²) in [5.41, 5.74) is -0.584. The largest absolute Gasteiger partial charge is 0.371 e. The summed E-state index contributed by atoms with van der Waals surface area (Å²) in [6.45, 7) is 3.73. The standard InChI is InChI=1S/C12H18N2O3/c1-12(2,16-3)11-13-10(17-14-11)8-6-4-5-7-9(8)15/h8H,4-7H2,1-3H3. The lowest BCUT2D eigenvalue weighted by atomic mass is 9.88. The summed E-state index contributed by atoms with van der Waals surface area (Å²) in [7, 11) is 1.60. The van der Waals surface area contributed by atoms with Crippen molar-refractivity contribution in [3.63, 3.8) is 0 Å². The smallest absolute Gasteiger partial charge is 0.237 e. The average Bonchev–Trinajstić information content (AvgIpc) is 2.79. The monoisotopic (exact) mass is 238 g/mol. The Morgan fingerprint density at radius 1 is 1.41 bits per heavy atom. The first kappa shape index (κ1) is 12.2. The SMILES string of the molecule is COC(C)(C)c1noc(C2CCCCC2=O)n1. The number of ketones is 1. The molecule has 94 valence electrons. The third-order valence-electron chi connectivity index (χ3n) is 3.34. The maximum absolute atomic E-state index is 11.8. The van der Waals surface area contributed by atoms with Gasteiger partial charge in [-0.3, -0.25) is 4.79 Å². The highest BCUT2D eigenvalue weighted by Crippen LogP contribution is 2.30. The van der Waals surface area contributed by atoms with E-state index in [1.54, 1.807) is 7.11 Å². The number of methoxy groups -OCH3 is 1. The van der Waals surface area contributed by atoms with E-state index in [1.165, 1.54) is 0 Å². The van der Waals surface area contributed by atoms with E-state index in [4.69, 9.17) is 9.26 Å². The highest BCUT2D eigenvalue weighted by molar-refractivity contribution is 5.85. The van der Waals surface area contributed by atoms with Crippen molar-refractivity contribution in [3.05, 3.63) is 11.7 Å². The molecule has 5 heteroatoms. The number of carbonyl (C=O) groups excluding carboxylic acids is 1. The molecule has 0 aromatic carbocycles. The number of carbonyl (C=O) groups is 1. The highest BCUT2D eigenvalue weighted by Gasteiger charge is 2.32. The van der Waals surface area contributed by atoms with Crippen LogP contribution in [-0.2, 0) is 15.1 Å². The number of nitrogens with zero attached hydrogens (tertiary/aromatic N) is 2. The number of Topliss-reactive ketones (excluding diaryl/α,β-unsaturated/α-hetero) is 1. The molecule has 1 aliphatic rings. The molecule has 1 aromatic rings. The van der Waals surface area contributed by atoms with E-state index in [0.717, 1.165) is 19.3 Å². The Labute approximate surface area is 101 Å². The fraction of sp³-hybridized carbons (Fsp3) is 0.750. The van der Waals surface area contributed by atoms with Gasteiger partial charge in [-0.2, -0.15) is 4.98 Å². The summed E-state index contributed by atoms with van der Waals surface area (Å²) in [4.78, 5) is 16.1. The molecular weight excluding hydrogens is 220 g/mol. The first-order chi connectivity index (χ1) is 8.04. The molecule has 1 saturated carbocycles. The molecule has 1 heterocycles. The van der Waals surface area contributed by atoms with Gasteiger partial charge in [-0.15, -0.1) is 0 Å². The van der Waals surface area contributed by atoms with Crippen LogP contribution in [0, 0.1) is 0 Å². The summed E-state index contributed by atoms with van der Waals surface area (Å²) in [5.74, 6) is 0.933. The lowest BCUT2D eigenvalue weighted by molar-refractivity contribution is -0.122. The minimum absolute atomic E-state index is 0.210. The maximum Gasteiger partial charge on any atom is 0.237 e. The van der Waals surface area contributed by atoms with Crippen molar-refractivity contribution < 1.29 is 14.1 Å². The zero-order valence-electron chi connectivity index (χ0n) is 10.5. The van der Waals surface area contributed by atoms with Crippen LogP contribution in [0.15, 0.2) is 4.52 Å². The topological polar surface area (TPSA) is 65.2 Å². The summed E-state index contributed by atoms with van der Waals surface area (Å²) < 4.78 is 10.5. The maximum atomic E-state index is 11.8. The van der Waals surface area contributed by atoms with Gasteiger partial charge in [0.25, 0.3) is 0 Å². The van der Waals surface area contributed by atoms with Crippen LogP contribution < -0.4 is 0 Å². The van der Waals surface area contributed by atoms with Gasteiger partial charge in [0.15, 0.2) is 0 Å². The number of aromatic nitrogens is 2. The quantitative estimate of drug-likeness (QED) is 0.807. The second-order valence-corrected chi connectivity index (χ2v) is 4.94. The number of rotatable bonds is 3. The van der Waals surface area contributed by atoms with Crippen molar-refractivity contribution in [3.8, 4) is 0 Å². The fourth-order valence-corrected chi connectivity index (χ4v) is 1.96. The molecule has 1 unspecified atom stereocenters. The molecule has 1 aliphatic carbocycles. The normalized spacial score (nSPS) is 21.8. The van der Waals surface area contributed by atoms with E-state index < -0.39 is 5.60 Å². The van der Waals surface area contributed by atoms with Gasteiger partial charge in [0.05, 0.1) is 5.92 Å². The second-order valence-electron chi connectivity index (χ2n) is 4.94. The first-order valence-electron chi connectivity index (χ1n) is 5.96. The average molecular weight is 238 g/mol. The summed E-state index contributed by atoms with van der Waals surface area (Å²) in [6, 6.07) is 0. The van der Waals surface area contributed by atoms with Gasteiger partial charge in [0.1, 0.15) is 11.4 Å². The lowest BCUT2D eigenvalue weighted by Crippen LogP contribution is -2.22. The molecule has 1 fully saturated rings. The van der Waals surface area contributed by atoms with Crippen molar-refractivity contribution in [1.29, 1.82) is 0 Å². The van der Waals surface area contributed by atoms with Gasteiger partial charge in [-0.1, -0.05) is 11.6 Å². The Morgan fingerprint density at radius 3 is 2.82 bits per heavy atom. The van der Waals surface area contributed by atoms with Crippen LogP contribution in [0.5, 0.6) is 0 Å². The van der Waals surface area contributed by atoms with Crippen molar-refractivity contribution in [2.24, 2.45) is 0 Å². The van der Waals surface area contributed by atoms with Gasteiger partial charge in [-0.05, 0) is 26.7 Å². The molecule has 0 N–H and O–H groups in total. The van der Waals surface area contributed by atoms with Crippen molar-refractivity contribution in [1.82, 2.24) is 10.1 Å². The van der Waals surface area contributed by atoms with E-state index in [-0.39, 0.29) is 11.7 Å². The van der Waals surface area contributed by atoms with E-state index in [2.05, 4.69) is 10.1 Å². The predicted molar refractivity (Wildman–Crippen MR) is 60.5 cm³/mol. The van der Waals surface area contributed by atoms with Crippen molar-refractivity contribution in [2.45, 2.75) is 51.0 Å². The fourth-order valence-electron chi connectivity index (χ4n) is 1.96. The molecule has 0 saturated heterocycles. The van der Waals surface area contributed by atoms with Gasteiger partial charge in [-0.25, -0.2) is 0 Å². The molecule has 5 nitrogen and oxygen atoms in total. The summed E-state index contributed by atoms with van der Waals surface area (Å²) in [6.07, 6.45) is 3.45. The molecule has 0 spiro atoms. The molecule has 1 atom stereocenters. The van der Waals surface area contributed by atoms with Crippen LogP contribution >= 0.6 is 0 Å². The zero-order valence-corrected chi connectivity index (χ0v) is 10.5. The molecule has 0 bridgehead atoms. The van der Waals surface area contributed by atoms with E-state index in [9.17, 15) is 4.79 Å². The van der Waals surface area contributed by atoms with Crippen molar-refractivity contribution >= 4 is 5.78 Å². The van der Waals surface area contributed by atoms with E-state index in [0.29, 0.717) is 18.1 Å². The Kier molecular flexibility index (Phi) is 3.28. The number of hydrogen-bond donors (Lipinski definition) is 0.